The standard InChI is InChI=1S/C16H26N2O/c1-12-6-5-7-13(2)16(12)18-14(3)8-9-17(4)10-15(18)11-19/h5-7,14-15,19H,8-11H2,1-4H3. The average molecular weight is 262 g/mol. The number of likely N-dealkylation sites (N-methyl/N-ethyl adjacent to an activating group) is 1. The fraction of sp³-hybridized carbons (Fsp3) is 0.625. The summed E-state index contributed by atoms with van der Waals surface area (Å²) >= 11 is 0. The Morgan fingerprint density at radius 1 is 1.26 bits per heavy atom. The number of aliphatic hydroxyl groups excluding tert-OH is 1. The highest BCUT2D eigenvalue weighted by molar-refractivity contribution is 5.60. The van der Waals surface area contributed by atoms with Crippen molar-refractivity contribution in [2.75, 3.05) is 31.6 Å². The van der Waals surface area contributed by atoms with E-state index >= 15 is 0 Å². The Bertz CT molecular complexity index is 413. The molecule has 19 heavy (non-hydrogen) atoms. The molecule has 0 spiro atoms. The van der Waals surface area contributed by atoms with E-state index in [0.29, 0.717) is 6.04 Å². The van der Waals surface area contributed by atoms with Crippen LogP contribution in [-0.2, 0) is 0 Å². The Morgan fingerprint density at radius 2 is 1.89 bits per heavy atom. The fourth-order valence-corrected chi connectivity index (χ4v) is 3.21. The predicted octanol–water partition coefficient (Wildman–Crippen LogP) is 2.19. The first-order valence-electron chi connectivity index (χ1n) is 7.18. The zero-order chi connectivity index (χ0) is 14.0. The Hall–Kier alpha value is -1.06. The molecule has 1 heterocycles. The first-order chi connectivity index (χ1) is 9.04. The molecule has 0 aromatic heterocycles. The number of rotatable bonds is 2. The lowest BCUT2D eigenvalue weighted by atomic mass is 10.0. The molecular weight excluding hydrogens is 236 g/mol. The van der Waals surface area contributed by atoms with Crippen LogP contribution in [0.15, 0.2) is 18.2 Å². The number of nitrogens with zero attached hydrogens (tertiary/aromatic N) is 2. The third-order valence-electron chi connectivity index (χ3n) is 4.23. The van der Waals surface area contributed by atoms with E-state index in [4.69, 9.17) is 0 Å². The molecule has 1 aromatic carbocycles. The molecule has 1 aliphatic heterocycles. The molecule has 2 unspecified atom stereocenters. The van der Waals surface area contributed by atoms with Gasteiger partial charge < -0.3 is 14.9 Å². The predicted molar refractivity (Wildman–Crippen MR) is 80.8 cm³/mol. The van der Waals surface area contributed by atoms with Gasteiger partial charge in [-0.15, -0.1) is 0 Å². The molecule has 1 aliphatic rings. The van der Waals surface area contributed by atoms with Gasteiger partial charge in [-0.3, -0.25) is 0 Å². The van der Waals surface area contributed by atoms with E-state index in [1.54, 1.807) is 0 Å². The first kappa shape index (κ1) is 14.4. The summed E-state index contributed by atoms with van der Waals surface area (Å²) in [6, 6.07) is 7.08. The Kier molecular flexibility index (Phi) is 4.48. The molecule has 0 bridgehead atoms. The molecule has 0 amide bonds. The zero-order valence-corrected chi connectivity index (χ0v) is 12.6. The van der Waals surface area contributed by atoms with Crippen LogP contribution in [0.4, 0.5) is 5.69 Å². The van der Waals surface area contributed by atoms with Gasteiger partial charge in [0.2, 0.25) is 0 Å². The second-order valence-electron chi connectivity index (χ2n) is 5.88. The zero-order valence-electron chi connectivity index (χ0n) is 12.6. The van der Waals surface area contributed by atoms with E-state index in [0.717, 1.165) is 19.5 Å². The summed E-state index contributed by atoms with van der Waals surface area (Å²) in [6.45, 7) is 8.83. The quantitative estimate of drug-likeness (QED) is 0.885. The molecule has 1 saturated heterocycles. The number of hydrogen-bond donors (Lipinski definition) is 1. The topological polar surface area (TPSA) is 26.7 Å². The summed E-state index contributed by atoms with van der Waals surface area (Å²) in [4.78, 5) is 4.76. The van der Waals surface area contributed by atoms with Crippen LogP contribution < -0.4 is 4.90 Å². The van der Waals surface area contributed by atoms with E-state index in [1.807, 2.05) is 0 Å². The van der Waals surface area contributed by atoms with Gasteiger partial charge >= 0.3 is 0 Å². The maximum Gasteiger partial charge on any atom is 0.0651 e. The number of benzene rings is 1. The first-order valence-corrected chi connectivity index (χ1v) is 7.18. The summed E-state index contributed by atoms with van der Waals surface area (Å²) < 4.78 is 0. The Morgan fingerprint density at radius 3 is 2.47 bits per heavy atom. The monoisotopic (exact) mass is 262 g/mol. The van der Waals surface area contributed by atoms with Crippen molar-refractivity contribution in [3.63, 3.8) is 0 Å². The van der Waals surface area contributed by atoms with Gasteiger partial charge in [-0.05, 0) is 51.9 Å². The number of anilines is 1. The molecule has 0 radical (unpaired) electrons. The lowest BCUT2D eigenvalue weighted by Crippen LogP contribution is -2.47. The number of aryl methyl sites for hydroxylation is 2. The van der Waals surface area contributed by atoms with Crippen molar-refractivity contribution in [1.29, 1.82) is 0 Å². The summed E-state index contributed by atoms with van der Waals surface area (Å²) in [5.41, 5.74) is 3.91. The van der Waals surface area contributed by atoms with Crippen molar-refractivity contribution in [1.82, 2.24) is 4.90 Å². The van der Waals surface area contributed by atoms with Gasteiger partial charge in [-0.1, -0.05) is 18.2 Å². The van der Waals surface area contributed by atoms with E-state index in [2.05, 4.69) is 55.8 Å². The van der Waals surface area contributed by atoms with Crippen LogP contribution in [0.2, 0.25) is 0 Å². The van der Waals surface area contributed by atoms with Crippen molar-refractivity contribution in [2.24, 2.45) is 0 Å². The highest BCUT2D eigenvalue weighted by Gasteiger charge is 2.29. The van der Waals surface area contributed by atoms with Gasteiger partial charge in [0.1, 0.15) is 0 Å². The normalized spacial score (nSPS) is 25.4. The van der Waals surface area contributed by atoms with Crippen LogP contribution in [0.3, 0.4) is 0 Å². The SMILES string of the molecule is Cc1cccc(C)c1N1C(C)CCN(C)CC1CO. The number of para-hydroxylation sites is 1. The summed E-state index contributed by atoms with van der Waals surface area (Å²) in [7, 11) is 2.14. The van der Waals surface area contributed by atoms with Gasteiger partial charge in [0.05, 0.1) is 12.6 Å². The lowest BCUT2D eigenvalue weighted by Gasteiger charge is -2.38. The number of aliphatic hydroxyl groups is 1. The minimum atomic E-state index is 0.183. The molecule has 0 aliphatic carbocycles. The largest absolute Gasteiger partial charge is 0.394 e. The van der Waals surface area contributed by atoms with E-state index in [9.17, 15) is 5.11 Å². The molecule has 0 saturated carbocycles. The van der Waals surface area contributed by atoms with Crippen molar-refractivity contribution in [3.8, 4) is 0 Å². The number of hydrogen-bond acceptors (Lipinski definition) is 3. The van der Waals surface area contributed by atoms with Crippen molar-refractivity contribution >= 4 is 5.69 Å². The second kappa shape index (κ2) is 5.93. The second-order valence-corrected chi connectivity index (χ2v) is 5.88. The van der Waals surface area contributed by atoms with Crippen LogP contribution >= 0.6 is 0 Å². The molecule has 2 atom stereocenters. The van der Waals surface area contributed by atoms with Crippen LogP contribution in [-0.4, -0.2) is 48.8 Å². The van der Waals surface area contributed by atoms with Gasteiger partial charge in [-0.2, -0.15) is 0 Å². The maximum absolute atomic E-state index is 9.80. The van der Waals surface area contributed by atoms with E-state index < -0.39 is 0 Å². The molecular formula is C16H26N2O. The average Bonchev–Trinajstić information content (AvgIpc) is 2.51. The third-order valence-corrected chi connectivity index (χ3v) is 4.23. The molecule has 1 aromatic rings. The minimum absolute atomic E-state index is 0.183. The van der Waals surface area contributed by atoms with Crippen LogP contribution in [0, 0.1) is 13.8 Å². The van der Waals surface area contributed by atoms with Crippen molar-refractivity contribution in [3.05, 3.63) is 29.3 Å². The van der Waals surface area contributed by atoms with E-state index in [-0.39, 0.29) is 12.6 Å². The van der Waals surface area contributed by atoms with E-state index in [1.165, 1.54) is 16.8 Å². The third kappa shape index (κ3) is 2.93. The molecule has 106 valence electrons. The summed E-state index contributed by atoms with van der Waals surface area (Å²) in [5, 5.41) is 9.80. The van der Waals surface area contributed by atoms with Crippen molar-refractivity contribution < 1.29 is 5.11 Å². The molecule has 3 heteroatoms. The van der Waals surface area contributed by atoms with Crippen LogP contribution in [0.5, 0.6) is 0 Å². The molecule has 1 N–H and O–H groups in total. The van der Waals surface area contributed by atoms with Gasteiger partial charge in [0, 0.05) is 18.3 Å². The van der Waals surface area contributed by atoms with Crippen LogP contribution in [0.25, 0.3) is 0 Å². The van der Waals surface area contributed by atoms with Gasteiger partial charge in [-0.25, -0.2) is 0 Å². The maximum atomic E-state index is 9.80. The van der Waals surface area contributed by atoms with Crippen LogP contribution in [0.1, 0.15) is 24.5 Å². The lowest BCUT2D eigenvalue weighted by molar-refractivity contribution is 0.227. The smallest absolute Gasteiger partial charge is 0.0651 e. The highest BCUT2D eigenvalue weighted by Crippen LogP contribution is 2.30. The highest BCUT2D eigenvalue weighted by atomic mass is 16.3. The molecule has 2 rings (SSSR count). The molecule has 3 nitrogen and oxygen atoms in total. The summed E-state index contributed by atoms with van der Waals surface area (Å²) in [5.74, 6) is 0. The summed E-state index contributed by atoms with van der Waals surface area (Å²) in [6.07, 6.45) is 1.14. The Labute approximate surface area is 116 Å². The van der Waals surface area contributed by atoms with Crippen molar-refractivity contribution in [2.45, 2.75) is 39.3 Å². The molecule has 1 fully saturated rings. The Balaban J connectivity index is 2.43. The fourth-order valence-electron chi connectivity index (χ4n) is 3.21. The van der Waals surface area contributed by atoms with Gasteiger partial charge in [0.15, 0.2) is 0 Å². The minimum Gasteiger partial charge on any atom is -0.394 e. The van der Waals surface area contributed by atoms with Gasteiger partial charge in [0.25, 0.3) is 0 Å².